The molecule has 0 saturated carbocycles. The highest BCUT2D eigenvalue weighted by atomic mass is 15.2. The summed E-state index contributed by atoms with van der Waals surface area (Å²) < 4.78 is 0. The first-order chi connectivity index (χ1) is 9.33. The lowest BCUT2D eigenvalue weighted by molar-refractivity contribution is 0.728. The molecule has 0 aliphatic heterocycles. The smallest absolute Gasteiger partial charge is 0.191 e. The SMILES string of the molecule is CCCCNC(=NC)NCc1ccc2c(c1)CCC2. The minimum Gasteiger partial charge on any atom is -0.356 e. The first-order valence-electron chi connectivity index (χ1n) is 7.38. The van der Waals surface area contributed by atoms with E-state index in [2.05, 4.69) is 40.7 Å². The van der Waals surface area contributed by atoms with Gasteiger partial charge in [-0.15, -0.1) is 0 Å². The van der Waals surface area contributed by atoms with E-state index >= 15 is 0 Å². The van der Waals surface area contributed by atoms with Crippen LogP contribution >= 0.6 is 0 Å². The molecule has 104 valence electrons. The lowest BCUT2D eigenvalue weighted by atomic mass is 10.1. The van der Waals surface area contributed by atoms with Crippen LogP contribution in [-0.4, -0.2) is 19.6 Å². The maximum absolute atomic E-state index is 4.24. The molecule has 0 heterocycles. The van der Waals surface area contributed by atoms with E-state index in [1.807, 2.05) is 7.05 Å². The molecule has 0 bridgehead atoms. The predicted octanol–water partition coefficient (Wildman–Crippen LogP) is 2.64. The van der Waals surface area contributed by atoms with E-state index in [9.17, 15) is 0 Å². The van der Waals surface area contributed by atoms with Gasteiger partial charge >= 0.3 is 0 Å². The molecule has 0 fully saturated rings. The zero-order valence-electron chi connectivity index (χ0n) is 12.1. The summed E-state index contributed by atoms with van der Waals surface area (Å²) in [6.07, 6.45) is 6.19. The van der Waals surface area contributed by atoms with E-state index in [0.29, 0.717) is 0 Å². The summed E-state index contributed by atoms with van der Waals surface area (Å²) in [6, 6.07) is 6.86. The molecule has 0 unspecified atom stereocenters. The van der Waals surface area contributed by atoms with Crippen molar-refractivity contribution in [2.45, 2.75) is 45.6 Å². The van der Waals surface area contributed by atoms with Crippen LogP contribution < -0.4 is 10.6 Å². The number of rotatable bonds is 5. The van der Waals surface area contributed by atoms with Gasteiger partial charge in [-0.3, -0.25) is 4.99 Å². The van der Waals surface area contributed by atoms with Crippen molar-refractivity contribution in [3.8, 4) is 0 Å². The first-order valence-corrected chi connectivity index (χ1v) is 7.38. The highest BCUT2D eigenvalue weighted by Crippen LogP contribution is 2.22. The Morgan fingerprint density at radius 3 is 2.84 bits per heavy atom. The van der Waals surface area contributed by atoms with Gasteiger partial charge in [0.25, 0.3) is 0 Å². The third-order valence-corrected chi connectivity index (χ3v) is 3.67. The minimum atomic E-state index is 0.846. The predicted molar refractivity (Wildman–Crippen MR) is 81.6 cm³/mol. The van der Waals surface area contributed by atoms with Gasteiger partial charge in [0.15, 0.2) is 5.96 Å². The van der Waals surface area contributed by atoms with Crippen LogP contribution in [0.2, 0.25) is 0 Å². The third-order valence-electron chi connectivity index (χ3n) is 3.67. The maximum atomic E-state index is 4.24. The van der Waals surface area contributed by atoms with Crippen molar-refractivity contribution < 1.29 is 0 Å². The number of benzene rings is 1. The van der Waals surface area contributed by atoms with Crippen molar-refractivity contribution in [3.63, 3.8) is 0 Å². The van der Waals surface area contributed by atoms with Gasteiger partial charge in [0, 0.05) is 20.1 Å². The van der Waals surface area contributed by atoms with Gasteiger partial charge in [-0.2, -0.15) is 0 Å². The van der Waals surface area contributed by atoms with Gasteiger partial charge in [0.2, 0.25) is 0 Å². The Kier molecular flexibility index (Phi) is 5.25. The average Bonchev–Trinajstić information content (AvgIpc) is 2.90. The second-order valence-electron chi connectivity index (χ2n) is 5.16. The number of aryl methyl sites for hydroxylation is 2. The monoisotopic (exact) mass is 259 g/mol. The van der Waals surface area contributed by atoms with Crippen molar-refractivity contribution in [1.82, 2.24) is 10.6 Å². The lowest BCUT2D eigenvalue weighted by Crippen LogP contribution is -2.37. The lowest BCUT2D eigenvalue weighted by Gasteiger charge is -2.12. The van der Waals surface area contributed by atoms with Gasteiger partial charge < -0.3 is 10.6 Å². The summed E-state index contributed by atoms with van der Waals surface area (Å²) in [5, 5.41) is 6.71. The number of fused-ring (bicyclic) bond motifs is 1. The molecule has 3 nitrogen and oxygen atoms in total. The fourth-order valence-electron chi connectivity index (χ4n) is 2.53. The Bertz CT molecular complexity index is 438. The number of aliphatic imine (C=N–C) groups is 1. The summed E-state index contributed by atoms with van der Waals surface area (Å²) in [4.78, 5) is 4.24. The van der Waals surface area contributed by atoms with Crippen molar-refractivity contribution in [2.75, 3.05) is 13.6 Å². The van der Waals surface area contributed by atoms with E-state index in [1.54, 1.807) is 0 Å². The highest BCUT2D eigenvalue weighted by molar-refractivity contribution is 5.79. The molecule has 0 atom stereocenters. The second kappa shape index (κ2) is 7.17. The average molecular weight is 259 g/mol. The van der Waals surface area contributed by atoms with E-state index in [1.165, 1.54) is 48.8 Å². The van der Waals surface area contributed by atoms with Crippen LogP contribution in [0.25, 0.3) is 0 Å². The van der Waals surface area contributed by atoms with Crippen LogP contribution in [0.1, 0.15) is 42.9 Å². The minimum absolute atomic E-state index is 0.846. The summed E-state index contributed by atoms with van der Waals surface area (Å²) >= 11 is 0. The van der Waals surface area contributed by atoms with E-state index in [0.717, 1.165) is 19.0 Å². The summed E-state index contributed by atoms with van der Waals surface area (Å²) in [6.45, 7) is 4.03. The summed E-state index contributed by atoms with van der Waals surface area (Å²) in [5.41, 5.74) is 4.42. The number of nitrogens with one attached hydrogen (secondary N) is 2. The maximum Gasteiger partial charge on any atom is 0.191 e. The molecule has 0 radical (unpaired) electrons. The normalized spacial score (nSPS) is 14.3. The number of nitrogens with zero attached hydrogens (tertiary/aromatic N) is 1. The topological polar surface area (TPSA) is 36.4 Å². The molecule has 1 aliphatic rings. The number of hydrogen-bond acceptors (Lipinski definition) is 1. The molecule has 1 aromatic rings. The van der Waals surface area contributed by atoms with Crippen LogP contribution in [0, 0.1) is 0 Å². The second-order valence-corrected chi connectivity index (χ2v) is 5.16. The molecule has 1 aliphatic carbocycles. The van der Waals surface area contributed by atoms with Crippen LogP contribution in [0.5, 0.6) is 0 Å². The van der Waals surface area contributed by atoms with E-state index < -0.39 is 0 Å². The van der Waals surface area contributed by atoms with Gasteiger partial charge in [-0.05, 0) is 42.4 Å². The van der Waals surface area contributed by atoms with E-state index in [4.69, 9.17) is 0 Å². The largest absolute Gasteiger partial charge is 0.356 e. The van der Waals surface area contributed by atoms with Crippen molar-refractivity contribution in [1.29, 1.82) is 0 Å². The first kappa shape index (κ1) is 13.9. The number of guanidine groups is 1. The Balaban J connectivity index is 1.84. The molecular weight excluding hydrogens is 234 g/mol. The zero-order chi connectivity index (χ0) is 13.5. The standard InChI is InChI=1S/C16H25N3/c1-3-4-10-18-16(17-2)19-12-13-8-9-14-6-5-7-15(14)11-13/h8-9,11H,3-7,10,12H2,1-2H3,(H2,17,18,19). The van der Waals surface area contributed by atoms with Crippen LogP contribution in [0.3, 0.4) is 0 Å². The molecule has 3 heteroatoms. The molecule has 0 saturated heterocycles. The molecule has 0 aromatic heterocycles. The highest BCUT2D eigenvalue weighted by Gasteiger charge is 2.10. The Labute approximate surface area is 116 Å². The van der Waals surface area contributed by atoms with Crippen LogP contribution in [0.15, 0.2) is 23.2 Å². The van der Waals surface area contributed by atoms with Gasteiger partial charge in [-0.1, -0.05) is 31.5 Å². The Hall–Kier alpha value is -1.51. The van der Waals surface area contributed by atoms with Crippen LogP contribution in [-0.2, 0) is 19.4 Å². The Morgan fingerprint density at radius 1 is 1.21 bits per heavy atom. The van der Waals surface area contributed by atoms with Gasteiger partial charge in [0.1, 0.15) is 0 Å². The third kappa shape index (κ3) is 3.98. The molecular formula is C16H25N3. The molecule has 2 N–H and O–H groups in total. The van der Waals surface area contributed by atoms with Crippen LogP contribution in [0.4, 0.5) is 0 Å². The summed E-state index contributed by atoms with van der Waals surface area (Å²) in [7, 11) is 1.82. The molecule has 1 aromatic carbocycles. The number of unbranched alkanes of at least 4 members (excludes halogenated alkanes) is 1. The van der Waals surface area contributed by atoms with Crippen molar-refractivity contribution in [3.05, 3.63) is 34.9 Å². The fourth-order valence-corrected chi connectivity index (χ4v) is 2.53. The molecule has 2 rings (SSSR count). The van der Waals surface area contributed by atoms with Gasteiger partial charge in [0.05, 0.1) is 0 Å². The Morgan fingerprint density at radius 2 is 2.05 bits per heavy atom. The fraction of sp³-hybridized carbons (Fsp3) is 0.562. The zero-order valence-corrected chi connectivity index (χ0v) is 12.1. The molecule has 0 spiro atoms. The van der Waals surface area contributed by atoms with Crippen molar-refractivity contribution in [2.24, 2.45) is 4.99 Å². The quantitative estimate of drug-likeness (QED) is 0.484. The number of hydrogen-bond donors (Lipinski definition) is 2. The summed E-state index contributed by atoms with van der Waals surface area (Å²) in [5.74, 6) is 0.897. The molecule has 19 heavy (non-hydrogen) atoms. The molecule has 0 amide bonds. The van der Waals surface area contributed by atoms with Crippen molar-refractivity contribution >= 4 is 5.96 Å². The van der Waals surface area contributed by atoms with E-state index in [-0.39, 0.29) is 0 Å². The van der Waals surface area contributed by atoms with Gasteiger partial charge in [-0.25, -0.2) is 0 Å².